The van der Waals surface area contributed by atoms with Gasteiger partial charge in [0.1, 0.15) is 17.4 Å². The fraction of sp³-hybridized carbons (Fsp3) is 0.167. The highest BCUT2D eigenvalue weighted by atomic mass is 32.2. The number of H-pyrrole nitrogens is 1. The molecular weight excluding hydrogens is 499 g/mol. The molecule has 3 aromatic carbocycles. The van der Waals surface area contributed by atoms with E-state index in [2.05, 4.69) is 35.9 Å². The molecule has 192 valence electrons. The number of hydrogen-bond donors (Lipinski definition) is 1. The number of benzene rings is 3. The summed E-state index contributed by atoms with van der Waals surface area (Å²) < 4.78 is 18.8. The molecule has 0 saturated carbocycles. The number of amides is 1. The molecule has 0 unspecified atom stereocenters. The number of anilines is 1. The van der Waals surface area contributed by atoms with Crippen molar-refractivity contribution < 1.29 is 13.9 Å². The molecule has 0 aliphatic heterocycles. The third-order valence-corrected chi connectivity index (χ3v) is 7.32. The minimum atomic E-state index is -0.348. The maximum Gasteiger partial charge on any atom is 0.237 e. The maximum absolute atomic E-state index is 13.5. The lowest BCUT2D eigenvalue weighted by Crippen LogP contribution is -2.32. The van der Waals surface area contributed by atoms with Gasteiger partial charge in [0.05, 0.1) is 35.5 Å². The number of rotatable bonds is 8. The number of pyridine rings is 1. The summed E-state index contributed by atoms with van der Waals surface area (Å²) in [6, 6.07) is 21.5. The van der Waals surface area contributed by atoms with Crippen molar-refractivity contribution >= 4 is 34.4 Å². The van der Waals surface area contributed by atoms with E-state index in [-0.39, 0.29) is 17.5 Å². The van der Waals surface area contributed by atoms with Gasteiger partial charge in [0.2, 0.25) is 5.91 Å². The van der Waals surface area contributed by atoms with Crippen LogP contribution in [0.25, 0.3) is 22.4 Å². The van der Waals surface area contributed by atoms with E-state index < -0.39 is 0 Å². The average molecular weight is 527 g/mol. The molecule has 5 aromatic rings. The molecule has 0 aliphatic rings. The maximum atomic E-state index is 13.5. The second-order valence-electron chi connectivity index (χ2n) is 9.02. The van der Waals surface area contributed by atoms with Gasteiger partial charge in [-0.15, -0.1) is 0 Å². The Bertz CT molecular complexity index is 1530. The molecule has 0 saturated heterocycles. The summed E-state index contributed by atoms with van der Waals surface area (Å²) in [4.78, 5) is 27.6. The molecule has 0 atom stereocenters. The molecule has 38 heavy (non-hydrogen) atoms. The first kappa shape index (κ1) is 25.5. The summed E-state index contributed by atoms with van der Waals surface area (Å²) in [5.41, 5.74) is 6.77. The van der Waals surface area contributed by atoms with Gasteiger partial charge in [-0.05, 0) is 91.2 Å². The number of imidazole rings is 1. The zero-order chi connectivity index (χ0) is 26.6. The average Bonchev–Trinajstić information content (AvgIpc) is 3.34. The lowest BCUT2D eigenvalue weighted by Gasteiger charge is -2.23. The van der Waals surface area contributed by atoms with E-state index in [1.165, 1.54) is 35.0 Å². The van der Waals surface area contributed by atoms with Gasteiger partial charge in [0, 0.05) is 17.4 Å². The molecule has 2 heterocycles. The lowest BCUT2D eigenvalue weighted by molar-refractivity contribution is -0.116. The van der Waals surface area contributed by atoms with E-state index in [1.54, 1.807) is 30.3 Å². The van der Waals surface area contributed by atoms with Crippen LogP contribution in [0.15, 0.2) is 84.0 Å². The molecule has 1 amide bonds. The number of nitrogens with zero attached hydrogens (tertiary/aromatic N) is 3. The summed E-state index contributed by atoms with van der Waals surface area (Å²) in [7, 11) is 1.61. The number of methoxy groups -OCH3 is 1. The smallest absolute Gasteiger partial charge is 0.237 e. The first-order valence-electron chi connectivity index (χ1n) is 12.1. The summed E-state index contributed by atoms with van der Waals surface area (Å²) in [5.74, 6) is 1.23. The van der Waals surface area contributed by atoms with E-state index in [4.69, 9.17) is 9.72 Å². The lowest BCUT2D eigenvalue weighted by atomic mass is 10.1. The predicted octanol–water partition coefficient (Wildman–Crippen LogP) is 6.71. The second kappa shape index (κ2) is 11.1. The molecule has 0 aliphatic carbocycles. The van der Waals surface area contributed by atoms with E-state index in [1.807, 2.05) is 36.4 Å². The number of aromatic nitrogens is 3. The number of thioether (sulfide) groups is 1. The fourth-order valence-electron chi connectivity index (χ4n) is 4.08. The SMILES string of the molecule is COc1ccc(CN(C(=O)CSc2ccc(-c3nc4cc(C)c(C)cc4[nH]3)cn2)c2ccc(F)cc2)cc1. The van der Waals surface area contributed by atoms with Crippen molar-refractivity contribution in [1.82, 2.24) is 15.0 Å². The number of carbonyl (C=O) groups is 1. The highest BCUT2D eigenvalue weighted by Crippen LogP contribution is 2.26. The standard InChI is InChI=1S/C30H27FN4O2S/c1-19-14-26-27(15-20(19)2)34-30(33-26)22-6-13-28(32-16-22)38-18-29(36)35(24-9-7-23(31)8-10-24)17-21-4-11-25(37-3)12-5-21/h4-16H,17-18H2,1-3H3,(H,33,34). The van der Waals surface area contributed by atoms with Crippen LogP contribution in [-0.2, 0) is 11.3 Å². The Hall–Kier alpha value is -4.17. The van der Waals surface area contributed by atoms with E-state index in [0.29, 0.717) is 12.2 Å². The van der Waals surface area contributed by atoms with Crippen LogP contribution in [0.1, 0.15) is 16.7 Å². The van der Waals surface area contributed by atoms with E-state index >= 15 is 0 Å². The third-order valence-electron chi connectivity index (χ3n) is 6.39. The van der Waals surface area contributed by atoms with Crippen molar-refractivity contribution in [3.63, 3.8) is 0 Å². The quantitative estimate of drug-likeness (QED) is 0.227. The van der Waals surface area contributed by atoms with Crippen LogP contribution in [0.5, 0.6) is 5.75 Å². The predicted molar refractivity (Wildman–Crippen MR) is 150 cm³/mol. The molecule has 0 fully saturated rings. The number of fused-ring (bicyclic) bond motifs is 1. The van der Waals surface area contributed by atoms with E-state index in [0.717, 1.165) is 38.8 Å². The Morgan fingerprint density at radius 1 is 1.00 bits per heavy atom. The number of aromatic amines is 1. The Kier molecular flexibility index (Phi) is 7.42. The van der Waals surface area contributed by atoms with E-state index in [9.17, 15) is 9.18 Å². The third kappa shape index (κ3) is 5.70. The molecular formula is C30H27FN4O2S. The first-order chi connectivity index (χ1) is 18.4. The van der Waals surface area contributed by atoms with Crippen LogP contribution in [-0.4, -0.2) is 33.7 Å². The second-order valence-corrected chi connectivity index (χ2v) is 10.0. The van der Waals surface area contributed by atoms with Crippen molar-refractivity contribution in [3.8, 4) is 17.1 Å². The van der Waals surface area contributed by atoms with Gasteiger partial charge in [-0.2, -0.15) is 0 Å². The summed E-state index contributed by atoms with van der Waals surface area (Å²) in [6.45, 7) is 4.51. The number of aryl methyl sites for hydroxylation is 2. The number of nitrogens with one attached hydrogen (secondary N) is 1. The summed E-state index contributed by atoms with van der Waals surface area (Å²) in [6.07, 6.45) is 1.76. The minimum Gasteiger partial charge on any atom is -0.497 e. The van der Waals surface area contributed by atoms with Gasteiger partial charge >= 0.3 is 0 Å². The number of ether oxygens (including phenoxy) is 1. The highest BCUT2D eigenvalue weighted by Gasteiger charge is 2.18. The molecule has 8 heteroatoms. The van der Waals surface area contributed by atoms with Crippen LogP contribution in [0, 0.1) is 19.7 Å². The zero-order valence-electron chi connectivity index (χ0n) is 21.4. The molecule has 5 rings (SSSR count). The van der Waals surface area contributed by atoms with Crippen LogP contribution in [0.4, 0.5) is 10.1 Å². The number of halogens is 1. The summed E-state index contributed by atoms with van der Waals surface area (Å²) in [5, 5.41) is 0.730. The van der Waals surface area contributed by atoms with Gasteiger partial charge in [-0.25, -0.2) is 14.4 Å². The van der Waals surface area contributed by atoms with Crippen LogP contribution in [0.3, 0.4) is 0 Å². The van der Waals surface area contributed by atoms with Gasteiger partial charge in [0.15, 0.2) is 0 Å². The van der Waals surface area contributed by atoms with Crippen LogP contribution < -0.4 is 9.64 Å². The molecule has 6 nitrogen and oxygen atoms in total. The van der Waals surface area contributed by atoms with Crippen molar-refractivity contribution in [2.24, 2.45) is 0 Å². The molecule has 1 N–H and O–H groups in total. The van der Waals surface area contributed by atoms with Crippen molar-refractivity contribution in [3.05, 3.63) is 102 Å². The molecule has 0 bridgehead atoms. The normalized spacial score (nSPS) is 11.1. The van der Waals surface area contributed by atoms with Crippen molar-refractivity contribution in [1.29, 1.82) is 0 Å². The zero-order valence-corrected chi connectivity index (χ0v) is 22.2. The largest absolute Gasteiger partial charge is 0.497 e. The first-order valence-corrected chi connectivity index (χ1v) is 13.1. The van der Waals surface area contributed by atoms with Crippen LogP contribution in [0.2, 0.25) is 0 Å². The topological polar surface area (TPSA) is 71.1 Å². The summed E-state index contributed by atoms with van der Waals surface area (Å²) >= 11 is 1.36. The Morgan fingerprint density at radius 2 is 1.74 bits per heavy atom. The van der Waals surface area contributed by atoms with Gasteiger partial charge in [0.25, 0.3) is 0 Å². The Labute approximate surface area is 224 Å². The van der Waals surface area contributed by atoms with Gasteiger partial charge in [-0.1, -0.05) is 23.9 Å². The number of carbonyl (C=O) groups excluding carboxylic acids is 1. The number of hydrogen-bond acceptors (Lipinski definition) is 5. The van der Waals surface area contributed by atoms with Crippen molar-refractivity contribution in [2.45, 2.75) is 25.4 Å². The van der Waals surface area contributed by atoms with Crippen molar-refractivity contribution in [2.75, 3.05) is 17.8 Å². The van der Waals surface area contributed by atoms with Gasteiger partial charge in [-0.3, -0.25) is 4.79 Å². The molecule has 0 spiro atoms. The molecule has 0 radical (unpaired) electrons. The van der Waals surface area contributed by atoms with Crippen LogP contribution >= 0.6 is 11.8 Å². The Balaban J connectivity index is 1.29. The fourth-order valence-corrected chi connectivity index (χ4v) is 4.80. The monoisotopic (exact) mass is 526 g/mol. The Morgan fingerprint density at radius 3 is 2.42 bits per heavy atom. The highest BCUT2D eigenvalue weighted by molar-refractivity contribution is 7.99. The van der Waals surface area contributed by atoms with Gasteiger partial charge < -0.3 is 14.6 Å². The minimum absolute atomic E-state index is 0.105. The molecule has 2 aromatic heterocycles.